The first-order chi connectivity index (χ1) is 12.6. The van der Waals surface area contributed by atoms with E-state index in [9.17, 15) is 9.18 Å². The van der Waals surface area contributed by atoms with E-state index in [1.54, 1.807) is 31.2 Å². The van der Waals surface area contributed by atoms with Crippen LogP contribution >= 0.6 is 0 Å². The van der Waals surface area contributed by atoms with Crippen LogP contribution in [-0.4, -0.2) is 17.5 Å². The molecule has 0 unspecified atom stereocenters. The number of halogens is 1. The van der Waals surface area contributed by atoms with Crippen molar-refractivity contribution in [3.05, 3.63) is 65.6 Å². The topological polar surface area (TPSA) is 51.2 Å². The first kappa shape index (κ1) is 17.9. The number of aryl methyl sites for hydroxylation is 1. The van der Waals surface area contributed by atoms with Crippen LogP contribution in [-0.2, 0) is 0 Å². The van der Waals surface area contributed by atoms with Crippen LogP contribution in [0.2, 0.25) is 0 Å². The summed E-state index contributed by atoms with van der Waals surface area (Å²) in [6.07, 6.45) is 2.09. The zero-order valence-corrected chi connectivity index (χ0v) is 14.9. The van der Waals surface area contributed by atoms with Crippen molar-refractivity contribution in [1.82, 2.24) is 4.98 Å². The highest BCUT2D eigenvalue weighted by atomic mass is 19.1. The number of ether oxygens (including phenoxy) is 1. The summed E-state index contributed by atoms with van der Waals surface area (Å²) in [6, 6.07) is 13.2. The van der Waals surface area contributed by atoms with Gasteiger partial charge in [0, 0.05) is 11.1 Å². The van der Waals surface area contributed by atoms with E-state index < -0.39 is 0 Å². The standard InChI is InChI=1S/C21H21FN2O2/c1-3-4-11-26-18-8-6-17(7-9-18)24-21(25)19-13-15-12-16(22)5-10-20(15)23-14(19)2/h5-10,12-13H,3-4,11H2,1-2H3,(H,24,25). The molecule has 26 heavy (non-hydrogen) atoms. The number of carbonyl (C=O) groups excluding carboxylic acids is 1. The van der Waals surface area contributed by atoms with Gasteiger partial charge >= 0.3 is 0 Å². The second-order valence-electron chi connectivity index (χ2n) is 6.14. The average Bonchev–Trinajstić information content (AvgIpc) is 2.63. The lowest BCUT2D eigenvalue weighted by Crippen LogP contribution is -2.14. The number of anilines is 1. The van der Waals surface area contributed by atoms with E-state index in [2.05, 4.69) is 17.2 Å². The normalized spacial score (nSPS) is 10.7. The van der Waals surface area contributed by atoms with E-state index >= 15 is 0 Å². The molecule has 2 aromatic carbocycles. The summed E-state index contributed by atoms with van der Waals surface area (Å²) in [6.45, 7) is 4.56. The van der Waals surface area contributed by atoms with Crippen molar-refractivity contribution in [2.75, 3.05) is 11.9 Å². The van der Waals surface area contributed by atoms with Gasteiger partial charge in [0.1, 0.15) is 11.6 Å². The van der Waals surface area contributed by atoms with Crippen LogP contribution in [0.5, 0.6) is 5.75 Å². The number of amides is 1. The van der Waals surface area contributed by atoms with Crippen LogP contribution in [0.25, 0.3) is 10.9 Å². The average molecular weight is 352 g/mol. The van der Waals surface area contributed by atoms with Crippen molar-refractivity contribution in [3.63, 3.8) is 0 Å². The highest BCUT2D eigenvalue weighted by Gasteiger charge is 2.12. The van der Waals surface area contributed by atoms with E-state index in [-0.39, 0.29) is 11.7 Å². The Labute approximate surface area is 152 Å². The molecule has 0 radical (unpaired) electrons. The van der Waals surface area contributed by atoms with Gasteiger partial charge < -0.3 is 10.1 Å². The number of fused-ring (bicyclic) bond motifs is 1. The minimum atomic E-state index is -0.354. The number of unbranched alkanes of at least 4 members (excludes halogenated alkanes) is 1. The summed E-state index contributed by atoms with van der Waals surface area (Å²) in [5.74, 6) is 0.143. The largest absolute Gasteiger partial charge is 0.494 e. The van der Waals surface area contributed by atoms with Gasteiger partial charge in [-0.3, -0.25) is 9.78 Å². The molecule has 3 aromatic rings. The van der Waals surface area contributed by atoms with Crippen LogP contribution in [0.1, 0.15) is 35.8 Å². The summed E-state index contributed by atoms with van der Waals surface area (Å²) >= 11 is 0. The van der Waals surface area contributed by atoms with Crippen molar-refractivity contribution in [1.29, 1.82) is 0 Å². The molecule has 0 aliphatic rings. The van der Waals surface area contributed by atoms with E-state index in [1.807, 2.05) is 12.1 Å². The first-order valence-corrected chi connectivity index (χ1v) is 8.68. The third-order valence-electron chi connectivity index (χ3n) is 4.09. The maximum atomic E-state index is 13.4. The fourth-order valence-electron chi connectivity index (χ4n) is 2.64. The molecule has 1 amide bonds. The number of benzene rings is 2. The van der Waals surface area contributed by atoms with Crippen molar-refractivity contribution >= 4 is 22.5 Å². The number of hydrogen-bond donors (Lipinski definition) is 1. The zero-order chi connectivity index (χ0) is 18.5. The molecule has 0 aliphatic carbocycles. The minimum absolute atomic E-state index is 0.277. The fraction of sp³-hybridized carbons (Fsp3) is 0.238. The van der Waals surface area contributed by atoms with Crippen molar-refractivity contribution < 1.29 is 13.9 Å². The Hall–Kier alpha value is -2.95. The van der Waals surface area contributed by atoms with Crippen LogP contribution in [0.15, 0.2) is 48.5 Å². The molecule has 0 fully saturated rings. The second kappa shape index (κ2) is 7.95. The van der Waals surface area contributed by atoms with Crippen LogP contribution < -0.4 is 10.1 Å². The maximum Gasteiger partial charge on any atom is 0.257 e. The van der Waals surface area contributed by atoms with Gasteiger partial charge in [-0.25, -0.2) is 4.39 Å². The third-order valence-corrected chi connectivity index (χ3v) is 4.09. The molecule has 4 nitrogen and oxygen atoms in total. The highest BCUT2D eigenvalue weighted by Crippen LogP contribution is 2.20. The van der Waals surface area contributed by atoms with Crippen LogP contribution in [0.4, 0.5) is 10.1 Å². The molecule has 3 rings (SSSR count). The molecule has 0 spiro atoms. The molecule has 134 valence electrons. The van der Waals surface area contributed by atoms with Gasteiger partial charge in [-0.1, -0.05) is 13.3 Å². The first-order valence-electron chi connectivity index (χ1n) is 8.68. The number of hydrogen-bond acceptors (Lipinski definition) is 3. The molecular weight excluding hydrogens is 331 g/mol. The molecule has 0 atom stereocenters. The molecule has 0 saturated heterocycles. The van der Waals surface area contributed by atoms with Crippen LogP contribution in [0.3, 0.4) is 0 Å². The van der Waals surface area contributed by atoms with Crippen molar-refractivity contribution in [2.24, 2.45) is 0 Å². The lowest BCUT2D eigenvalue weighted by atomic mass is 10.1. The van der Waals surface area contributed by atoms with Gasteiger partial charge in [0.25, 0.3) is 5.91 Å². The number of aromatic nitrogens is 1. The Bertz CT molecular complexity index is 923. The Kier molecular flexibility index (Phi) is 5.46. The molecule has 5 heteroatoms. The predicted octanol–water partition coefficient (Wildman–Crippen LogP) is 5.11. The fourth-order valence-corrected chi connectivity index (χ4v) is 2.64. The Balaban J connectivity index is 1.75. The Morgan fingerprint density at radius 2 is 1.92 bits per heavy atom. The maximum absolute atomic E-state index is 13.4. The van der Waals surface area contributed by atoms with Crippen molar-refractivity contribution in [2.45, 2.75) is 26.7 Å². The molecular formula is C21H21FN2O2. The smallest absolute Gasteiger partial charge is 0.257 e. The lowest BCUT2D eigenvalue weighted by molar-refractivity contribution is 0.102. The lowest BCUT2D eigenvalue weighted by Gasteiger charge is -2.10. The Morgan fingerprint density at radius 3 is 2.65 bits per heavy atom. The summed E-state index contributed by atoms with van der Waals surface area (Å²) in [5.41, 5.74) is 2.35. The van der Waals surface area contributed by atoms with Gasteiger partial charge in [-0.05, 0) is 61.9 Å². The molecule has 0 saturated carbocycles. The molecule has 1 heterocycles. The summed E-state index contributed by atoms with van der Waals surface area (Å²) in [4.78, 5) is 17.0. The molecule has 1 aromatic heterocycles. The quantitative estimate of drug-likeness (QED) is 0.627. The monoisotopic (exact) mass is 352 g/mol. The number of rotatable bonds is 6. The number of carbonyl (C=O) groups is 1. The van der Waals surface area contributed by atoms with E-state index in [1.165, 1.54) is 12.1 Å². The predicted molar refractivity (Wildman–Crippen MR) is 101 cm³/mol. The van der Waals surface area contributed by atoms with Gasteiger partial charge in [0.2, 0.25) is 0 Å². The molecule has 1 N–H and O–H groups in total. The number of nitrogens with one attached hydrogen (secondary N) is 1. The third kappa shape index (κ3) is 4.17. The van der Waals surface area contributed by atoms with E-state index in [0.717, 1.165) is 18.6 Å². The van der Waals surface area contributed by atoms with E-state index in [4.69, 9.17) is 4.74 Å². The zero-order valence-electron chi connectivity index (χ0n) is 14.9. The van der Waals surface area contributed by atoms with Crippen molar-refractivity contribution in [3.8, 4) is 5.75 Å². The minimum Gasteiger partial charge on any atom is -0.494 e. The SMILES string of the molecule is CCCCOc1ccc(NC(=O)c2cc3cc(F)ccc3nc2C)cc1. The highest BCUT2D eigenvalue weighted by molar-refractivity contribution is 6.06. The molecule has 0 aliphatic heterocycles. The van der Waals surface area contributed by atoms with Gasteiger partial charge in [-0.15, -0.1) is 0 Å². The Morgan fingerprint density at radius 1 is 1.15 bits per heavy atom. The van der Waals surface area contributed by atoms with Gasteiger partial charge in [0.15, 0.2) is 0 Å². The number of nitrogens with zero attached hydrogens (tertiary/aromatic N) is 1. The van der Waals surface area contributed by atoms with Gasteiger partial charge in [0.05, 0.1) is 23.4 Å². The van der Waals surface area contributed by atoms with E-state index in [0.29, 0.717) is 34.5 Å². The summed E-state index contributed by atoms with van der Waals surface area (Å²) in [5, 5.41) is 3.44. The van der Waals surface area contributed by atoms with Gasteiger partial charge in [-0.2, -0.15) is 0 Å². The summed E-state index contributed by atoms with van der Waals surface area (Å²) < 4.78 is 19.0. The molecule has 0 bridgehead atoms. The number of pyridine rings is 1. The summed E-state index contributed by atoms with van der Waals surface area (Å²) in [7, 11) is 0. The van der Waals surface area contributed by atoms with Crippen LogP contribution in [0, 0.1) is 12.7 Å². The second-order valence-corrected chi connectivity index (χ2v) is 6.14.